The van der Waals surface area contributed by atoms with Crippen LogP contribution in [0.15, 0.2) is 10.6 Å². The number of hydrogen-bond acceptors (Lipinski definition) is 3. The quantitative estimate of drug-likeness (QED) is 0.791. The van der Waals surface area contributed by atoms with Gasteiger partial charge >= 0.3 is 0 Å². The number of nitrogens with zero attached hydrogens (tertiary/aromatic N) is 1. The topological polar surface area (TPSA) is 38.1 Å². The highest BCUT2D eigenvalue weighted by molar-refractivity contribution is 4.98. The Morgan fingerprint density at radius 2 is 2.36 bits per heavy atom. The van der Waals surface area contributed by atoms with Crippen LogP contribution in [0, 0.1) is 11.8 Å². The van der Waals surface area contributed by atoms with Crippen molar-refractivity contribution >= 4 is 0 Å². The van der Waals surface area contributed by atoms with Gasteiger partial charge in [0.2, 0.25) is 0 Å². The maximum absolute atomic E-state index is 5.66. The number of oxazole rings is 1. The summed E-state index contributed by atoms with van der Waals surface area (Å²) in [7, 11) is 0. The fourth-order valence-corrected chi connectivity index (χ4v) is 1.66. The van der Waals surface area contributed by atoms with Crippen molar-refractivity contribution in [1.29, 1.82) is 0 Å². The lowest BCUT2D eigenvalue weighted by Gasteiger charge is -2.25. The molecule has 78 valence electrons. The van der Waals surface area contributed by atoms with E-state index in [1.807, 2.05) is 6.20 Å². The Morgan fingerprint density at radius 1 is 1.57 bits per heavy atom. The molecule has 0 aromatic carbocycles. The minimum Gasteiger partial charge on any atom is -0.446 e. The van der Waals surface area contributed by atoms with Gasteiger partial charge in [0.15, 0.2) is 5.89 Å². The molecule has 1 aliphatic heterocycles. The summed E-state index contributed by atoms with van der Waals surface area (Å²) in [5.41, 5.74) is 0. The van der Waals surface area contributed by atoms with Crippen molar-refractivity contribution in [2.24, 2.45) is 11.8 Å². The van der Waals surface area contributed by atoms with E-state index in [0.717, 1.165) is 43.5 Å². The standard InChI is InChI=1S/C11H18N2O/c1-8(2)3-11-13-7-10(14-11)4-9-5-12-6-9/h7-9,12H,3-6H2,1-2H3. The zero-order chi connectivity index (χ0) is 9.97. The van der Waals surface area contributed by atoms with E-state index in [2.05, 4.69) is 24.1 Å². The smallest absolute Gasteiger partial charge is 0.194 e. The van der Waals surface area contributed by atoms with E-state index in [1.54, 1.807) is 0 Å². The Bertz CT molecular complexity index is 289. The van der Waals surface area contributed by atoms with Crippen molar-refractivity contribution in [2.45, 2.75) is 26.7 Å². The first-order valence-corrected chi connectivity index (χ1v) is 5.38. The van der Waals surface area contributed by atoms with Crippen molar-refractivity contribution in [1.82, 2.24) is 10.3 Å². The van der Waals surface area contributed by atoms with Crippen molar-refractivity contribution in [2.75, 3.05) is 13.1 Å². The molecule has 2 heterocycles. The summed E-state index contributed by atoms with van der Waals surface area (Å²) in [6, 6.07) is 0. The van der Waals surface area contributed by atoms with Gasteiger partial charge in [-0.2, -0.15) is 0 Å². The van der Waals surface area contributed by atoms with Gasteiger partial charge in [-0.15, -0.1) is 0 Å². The average molecular weight is 194 g/mol. The number of hydrogen-bond donors (Lipinski definition) is 1. The van der Waals surface area contributed by atoms with E-state index in [0.29, 0.717) is 5.92 Å². The van der Waals surface area contributed by atoms with Crippen molar-refractivity contribution in [3.63, 3.8) is 0 Å². The molecular formula is C11H18N2O. The fraction of sp³-hybridized carbons (Fsp3) is 0.727. The highest BCUT2D eigenvalue weighted by atomic mass is 16.4. The molecule has 1 saturated heterocycles. The zero-order valence-electron chi connectivity index (χ0n) is 8.92. The third-order valence-corrected chi connectivity index (χ3v) is 2.54. The van der Waals surface area contributed by atoms with E-state index >= 15 is 0 Å². The monoisotopic (exact) mass is 194 g/mol. The predicted octanol–water partition coefficient (Wildman–Crippen LogP) is 1.64. The van der Waals surface area contributed by atoms with Gasteiger partial charge in [0, 0.05) is 12.8 Å². The van der Waals surface area contributed by atoms with Crippen LogP contribution in [0.25, 0.3) is 0 Å². The second-order valence-electron chi connectivity index (χ2n) is 4.55. The molecule has 0 atom stereocenters. The molecule has 0 spiro atoms. The highest BCUT2D eigenvalue weighted by Crippen LogP contribution is 2.15. The first-order valence-electron chi connectivity index (χ1n) is 5.38. The molecule has 0 unspecified atom stereocenters. The zero-order valence-corrected chi connectivity index (χ0v) is 8.92. The number of aromatic nitrogens is 1. The summed E-state index contributed by atoms with van der Waals surface area (Å²) in [6.07, 6.45) is 3.87. The van der Waals surface area contributed by atoms with E-state index in [-0.39, 0.29) is 0 Å². The number of rotatable bonds is 4. The molecule has 1 aromatic heterocycles. The summed E-state index contributed by atoms with van der Waals surface area (Å²) in [6.45, 7) is 6.61. The molecular weight excluding hydrogens is 176 g/mol. The Balaban J connectivity index is 1.88. The van der Waals surface area contributed by atoms with Gasteiger partial charge in [-0.05, 0) is 24.9 Å². The van der Waals surface area contributed by atoms with Crippen molar-refractivity contribution in [3.8, 4) is 0 Å². The van der Waals surface area contributed by atoms with E-state index in [9.17, 15) is 0 Å². The van der Waals surface area contributed by atoms with Crippen LogP contribution in [-0.2, 0) is 12.8 Å². The summed E-state index contributed by atoms with van der Waals surface area (Å²) >= 11 is 0. The van der Waals surface area contributed by atoms with Crippen LogP contribution in [0.3, 0.4) is 0 Å². The van der Waals surface area contributed by atoms with Crippen LogP contribution in [0.5, 0.6) is 0 Å². The number of nitrogens with one attached hydrogen (secondary N) is 1. The third kappa shape index (κ3) is 2.35. The van der Waals surface area contributed by atoms with Crippen LogP contribution in [0.2, 0.25) is 0 Å². The molecule has 0 saturated carbocycles. The highest BCUT2D eigenvalue weighted by Gasteiger charge is 2.19. The molecule has 0 bridgehead atoms. The molecule has 2 rings (SSSR count). The second-order valence-corrected chi connectivity index (χ2v) is 4.55. The van der Waals surface area contributed by atoms with Gasteiger partial charge in [-0.1, -0.05) is 13.8 Å². The van der Waals surface area contributed by atoms with Gasteiger partial charge in [-0.25, -0.2) is 4.98 Å². The van der Waals surface area contributed by atoms with Gasteiger partial charge in [0.25, 0.3) is 0 Å². The first-order chi connectivity index (χ1) is 6.74. The van der Waals surface area contributed by atoms with E-state index in [4.69, 9.17) is 4.42 Å². The van der Waals surface area contributed by atoms with Crippen LogP contribution in [0.4, 0.5) is 0 Å². The molecule has 1 fully saturated rings. The normalized spacial score (nSPS) is 17.4. The molecule has 1 aliphatic rings. The lowest BCUT2D eigenvalue weighted by atomic mass is 9.98. The minimum absolute atomic E-state index is 0.617. The summed E-state index contributed by atoms with van der Waals surface area (Å²) in [4.78, 5) is 4.28. The Labute approximate surface area is 84.9 Å². The van der Waals surface area contributed by atoms with Crippen molar-refractivity contribution in [3.05, 3.63) is 17.8 Å². The lowest BCUT2D eigenvalue weighted by Crippen LogP contribution is -2.42. The molecule has 1 N–H and O–H groups in total. The van der Waals surface area contributed by atoms with Crippen LogP contribution < -0.4 is 5.32 Å². The van der Waals surface area contributed by atoms with E-state index in [1.165, 1.54) is 0 Å². The van der Waals surface area contributed by atoms with Gasteiger partial charge in [0.1, 0.15) is 5.76 Å². The van der Waals surface area contributed by atoms with Gasteiger partial charge < -0.3 is 9.73 Å². The Kier molecular flexibility index (Phi) is 2.87. The molecule has 0 radical (unpaired) electrons. The van der Waals surface area contributed by atoms with Crippen LogP contribution in [0.1, 0.15) is 25.5 Å². The Hall–Kier alpha value is -0.830. The summed E-state index contributed by atoms with van der Waals surface area (Å²) in [5.74, 6) is 3.32. The Morgan fingerprint density at radius 3 is 2.93 bits per heavy atom. The maximum Gasteiger partial charge on any atom is 0.194 e. The molecule has 14 heavy (non-hydrogen) atoms. The molecule has 3 nitrogen and oxygen atoms in total. The largest absolute Gasteiger partial charge is 0.446 e. The predicted molar refractivity (Wildman–Crippen MR) is 55.1 cm³/mol. The molecule has 0 aliphatic carbocycles. The summed E-state index contributed by atoms with van der Waals surface area (Å²) in [5, 5.41) is 3.26. The first kappa shape index (κ1) is 9.71. The summed E-state index contributed by atoms with van der Waals surface area (Å²) < 4.78 is 5.66. The van der Waals surface area contributed by atoms with Crippen LogP contribution in [-0.4, -0.2) is 18.1 Å². The maximum atomic E-state index is 5.66. The molecule has 3 heteroatoms. The molecule has 0 amide bonds. The van der Waals surface area contributed by atoms with Crippen molar-refractivity contribution < 1.29 is 4.42 Å². The van der Waals surface area contributed by atoms with Gasteiger partial charge in [0.05, 0.1) is 6.20 Å². The minimum atomic E-state index is 0.617. The average Bonchev–Trinajstić information content (AvgIpc) is 2.44. The molecule has 1 aromatic rings. The lowest BCUT2D eigenvalue weighted by molar-refractivity contribution is 0.316. The fourth-order valence-electron chi connectivity index (χ4n) is 1.66. The third-order valence-electron chi connectivity index (χ3n) is 2.54. The second kappa shape index (κ2) is 4.13. The van der Waals surface area contributed by atoms with E-state index < -0.39 is 0 Å². The SMILES string of the molecule is CC(C)Cc1ncc(CC2CNC2)o1. The van der Waals surface area contributed by atoms with Gasteiger partial charge in [-0.3, -0.25) is 0 Å². The van der Waals surface area contributed by atoms with Crippen LogP contribution >= 0.6 is 0 Å².